The van der Waals surface area contributed by atoms with E-state index >= 15 is 0 Å². The van der Waals surface area contributed by atoms with Crippen molar-refractivity contribution in [2.45, 2.75) is 50.7 Å². The van der Waals surface area contributed by atoms with E-state index in [4.69, 9.17) is 0 Å². The molecule has 9 nitrogen and oxygen atoms in total. The Morgan fingerprint density at radius 1 is 1.14 bits per heavy atom. The molecule has 9 heteroatoms. The molecule has 1 atom stereocenters. The molecule has 1 aromatic rings. The average Bonchev–Trinajstić information content (AvgIpc) is 3.36. The molecule has 3 heterocycles. The van der Waals surface area contributed by atoms with Gasteiger partial charge in [-0.05, 0) is 26.8 Å². The van der Waals surface area contributed by atoms with Crippen LogP contribution in [0.25, 0.3) is 0 Å². The second-order valence-electron chi connectivity index (χ2n) is 8.76. The van der Waals surface area contributed by atoms with Crippen LogP contribution in [0.3, 0.4) is 0 Å². The first kappa shape index (κ1) is 19.9. The summed E-state index contributed by atoms with van der Waals surface area (Å²) in [5.41, 5.74) is -0.407. The normalized spacial score (nSPS) is 26.0. The van der Waals surface area contributed by atoms with Crippen molar-refractivity contribution in [3.63, 3.8) is 0 Å². The number of fused-ring (bicyclic) bond motifs is 1. The number of carbonyl (C=O) groups is 3. The van der Waals surface area contributed by atoms with Crippen LogP contribution in [0.15, 0.2) is 6.07 Å². The number of hydrogen-bond acceptors (Lipinski definition) is 5. The van der Waals surface area contributed by atoms with Crippen molar-refractivity contribution in [3.05, 3.63) is 17.5 Å². The maximum atomic E-state index is 13.0. The van der Waals surface area contributed by atoms with Crippen molar-refractivity contribution >= 4 is 17.7 Å². The van der Waals surface area contributed by atoms with Crippen LogP contribution in [0.5, 0.6) is 0 Å². The van der Waals surface area contributed by atoms with Crippen molar-refractivity contribution in [3.8, 4) is 0 Å². The van der Waals surface area contributed by atoms with Gasteiger partial charge in [-0.15, -0.1) is 0 Å². The van der Waals surface area contributed by atoms with Gasteiger partial charge in [-0.1, -0.05) is 12.8 Å². The SMILES string of the molecule is CN1CCN(C(=O)c2cc3n(n2)C[C@@](C)(C(=O)NC2CCCC2)N(C)C3=O)CC1. The van der Waals surface area contributed by atoms with Gasteiger partial charge < -0.3 is 20.0 Å². The Kier molecular flexibility index (Phi) is 5.10. The standard InChI is InChI=1S/C20H30N6O3/c1-20(19(29)21-14-6-4-5-7-14)13-26-16(18(28)24(20)3)12-15(22-26)17(27)25-10-8-23(2)9-11-25/h12,14H,4-11,13H2,1-3H3,(H,21,29)/t20-/m0/s1. The van der Waals surface area contributed by atoms with Gasteiger partial charge >= 0.3 is 0 Å². The van der Waals surface area contributed by atoms with Crippen LogP contribution in [-0.4, -0.2) is 94.1 Å². The molecular weight excluding hydrogens is 372 g/mol. The number of aromatic nitrogens is 2. The summed E-state index contributed by atoms with van der Waals surface area (Å²) in [5, 5.41) is 7.53. The molecule has 3 aliphatic rings. The quantitative estimate of drug-likeness (QED) is 0.779. The Morgan fingerprint density at radius 3 is 2.45 bits per heavy atom. The fourth-order valence-electron chi connectivity index (χ4n) is 4.41. The van der Waals surface area contributed by atoms with Crippen molar-refractivity contribution in [2.75, 3.05) is 40.3 Å². The van der Waals surface area contributed by atoms with E-state index in [0.29, 0.717) is 18.8 Å². The molecule has 0 spiro atoms. The molecule has 0 unspecified atom stereocenters. The monoisotopic (exact) mass is 402 g/mol. The summed E-state index contributed by atoms with van der Waals surface area (Å²) < 4.78 is 1.53. The summed E-state index contributed by atoms with van der Waals surface area (Å²) in [5.74, 6) is -0.605. The third-order valence-electron chi connectivity index (χ3n) is 6.69. The third kappa shape index (κ3) is 3.52. The van der Waals surface area contributed by atoms with Crippen molar-refractivity contribution in [1.29, 1.82) is 0 Å². The molecule has 0 radical (unpaired) electrons. The van der Waals surface area contributed by atoms with Gasteiger partial charge in [0.25, 0.3) is 11.8 Å². The second-order valence-corrected chi connectivity index (χ2v) is 8.76. The van der Waals surface area contributed by atoms with Crippen molar-refractivity contribution < 1.29 is 14.4 Å². The van der Waals surface area contributed by atoms with Crippen molar-refractivity contribution in [1.82, 2.24) is 29.8 Å². The molecule has 29 heavy (non-hydrogen) atoms. The molecule has 0 aromatic carbocycles. The Hall–Kier alpha value is -2.42. The molecule has 1 N–H and O–H groups in total. The van der Waals surface area contributed by atoms with E-state index in [1.165, 1.54) is 9.58 Å². The predicted octanol–water partition coefficient (Wildman–Crippen LogP) is 0.174. The van der Waals surface area contributed by atoms with Gasteiger partial charge in [-0.25, -0.2) is 0 Å². The molecule has 1 aliphatic carbocycles. The lowest BCUT2D eigenvalue weighted by atomic mass is 9.95. The van der Waals surface area contributed by atoms with E-state index in [1.807, 2.05) is 7.05 Å². The summed E-state index contributed by atoms with van der Waals surface area (Å²) >= 11 is 0. The zero-order chi connectivity index (χ0) is 20.8. The van der Waals surface area contributed by atoms with E-state index < -0.39 is 5.54 Å². The van der Waals surface area contributed by atoms with E-state index in [-0.39, 0.29) is 36.0 Å². The maximum Gasteiger partial charge on any atom is 0.274 e. The van der Waals surface area contributed by atoms with Crippen LogP contribution in [0.4, 0.5) is 0 Å². The lowest BCUT2D eigenvalue weighted by Gasteiger charge is -2.41. The molecule has 0 bridgehead atoms. The number of rotatable bonds is 3. The summed E-state index contributed by atoms with van der Waals surface area (Å²) in [4.78, 5) is 44.3. The molecule has 4 rings (SSSR count). The highest BCUT2D eigenvalue weighted by atomic mass is 16.2. The lowest BCUT2D eigenvalue weighted by molar-refractivity contribution is -0.133. The molecule has 2 aliphatic heterocycles. The summed E-state index contributed by atoms with van der Waals surface area (Å²) in [6, 6.07) is 1.74. The van der Waals surface area contributed by atoms with Gasteiger partial charge in [0.05, 0.1) is 6.54 Å². The molecule has 1 saturated carbocycles. The first-order chi connectivity index (χ1) is 13.8. The maximum absolute atomic E-state index is 13.0. The summed E-state index contributed by atoms with van der Waals surface area (Å²) in [6.07, 6.45) is 4.21. The Bertz CT molecular complexity index is 822. The van der Waals surface area contributed by atoms with Gasteiger partial charge in [-0.3, -0.25) is 19.1 Å². The van der Waals surface area contributed by atoms with Crippen molar-refractivity contribution in [2.24, 2.45) is 0 Å². The second kappa shape index (κ2) is 7.44. The van der Waals surface area contributed by atoms with Crippen LogP contribution < -0.4 is 5.32 Å². The number of carbonyl (C=O) groups excluding carboxylic acids is 3. The van der Waals surface area contributed by atoms with Crippen LogP contribution in [0.1, 0.15) is 53.6 Å². The fraction of sp³-hybridized carbons (Fsp3) is 0.700. The Labute approximate surface area is 171 Å². The van der Waals surface area contributed by atoms with Crippen LogP contribution >= 0.6 is 0 Å². The summed E-state index contributed by atoms with van der Waals surface area (Å²) in [7, 11) is 3.68. The first-order valence-corrected chi connectivity index (χ1v) is 10.4. The van der Waals surface area contributed by atoms with Gasteiger partial charge in [0, 0.05) is 45.3 Å². The number of nitrogens with one attached hydrogen (secondary N) is 1. The van der Waals surface area contributed by atoms with Gasteiger partial charge in [0.2, 0.25) is 5.91 Å². The predicted molar refractivity (Wildman–Crippen MR) is 107 cm³/mol. The number of piperazine rings is 1. The molecule has 158 valence electrons. The van der Waals surface area contributed by atoms with Gasteiger partial charge in [0.15, 0.2) is 5.69 Å². The minimum atomic E-state index is -1.03. The summed E-state index contributed by atoms with van der Waals surface area (Å²) in [6.45, 7) is 4.93. The third-order valence-corrected chi connectivity index (χ3v) is 6.69. The highest BCUT2D eigenvalue weighted by molar-refractivity contribution is 6.01. The zero-order valence-corrected chi connectivity index (χ0v) is 17.5. The van der Waals surface area contributed by atoms with Crippen LogP contribution in [0, 0.1) is 0 Å². The molecular formula is C20H30N6O3. The van der Waals surface area contributed by atoms with E-state index in [9.17, 15) is 14.4 Å². The first-order valence-electron chi connectivity index (χ1n) is 10.4. The zero-order valence-electron chi connectivity index (χ0n) is 17.5. The highest BCUT2D eigenvalue weighted by Gasteiger charge is 2.47. The fourth-order valence-corrected chi connectivity index (χ4v) is 4.41. The Balaban J connectivity index is 1.54. The highest BCUT2D eigenvalue weighted by Crippen LogP contribution is 2.27. The minimum Gasteiger partial charge on any atom is -0.351 e. The molecule has 1 aromatic heterocycles. The Morgan fingerprint density at radius 2 is 1.79 bits per heavy atom. The largest absolute Gasteiger partial charge is 0.351 e. The average molecular weight is 402 g/mol. The van der Waals surface area contributed by atoms with Gasteiger partial charge in [0.1, 0.15) is 11.2 Å². The molecule has 1 saturated heterocycles. The van der Waals surface area contributed by atoms with Crippen LogP contribution in [-0.2, 0) is 11.3 Å². The topological polar surface area (TPSA) is 90.8 Å². The number of nitrogens with zero attached hydrogens (tertiary/aromatic N) is 5. The molecule has 3 amide bonds. The smallest absolute Gasteiger partial charge is 0.274 e. The lowest BCUT2D eigenvalue weighted by Crippen LogP contribution is -2.63. The van der Waals surface area contributed by atoms with E-state index in [2.05, 4.69) is 15.3 Å². The van der Waals surface area contributed by atoms with Crippen LogP contribution in [0.2, 0.25) is 0 Å². The minimum absolute atomic E-state index is 0.159. The van der Waals surface area contributed by atoms with E-state index in [1.54, 1.807) is 24.9 Å². The number of hydrogen-bond donors (Lipinski definition) is 1. The number of amides is 3. The van der Waals surface area contributed by atoms with Gasteiger partial charge in [-0.2, -0.15) is 5.10 Å². The number of likely N-dealkylation sites (N-methyl/N-ethyl adjacent to an activating group) is 2. The molecule has 2 fully saturated rings. The van der Waals surface area contributed by atoms with E-state index in [0.717, 1.165) is 38.8 Å².